The summed E-state index contributed by atoms with van der Waals surface area (Å²) in [5.74, 6) is -0.315. The SMILES string of the molecule is CCCOCCOC(=O)C1=C(C)NC(=O)C[C@H]1c1ccccc1OC. The molecule has 0 aliphatic carbocycles. The Morgan fingerprint density at radius 2 is 2.00 bits per heavy atom. The van der Waals surface area contributed by atoms with Crippen LogP contribution in [-0.2, 0) is 19.1 Å². The van der Waals surface area contributed by atoms with E-state index in [0.29, 0.717) is 30.2 Å². The van der Waals surface area contributed by atoms with E-state index in [1.54, 1.807) is 14.0 Å². The van der Waals surface area contributed by atoms with E-state index >= 15 is 0 Å². The molecule has 1 aromatic rings. The molecule has 6 heteroatoms. The number of methoxy groups -OCH3 is 1. The van der Waals surface area contributed by atoms with E-state index in [4.69, 9.17) is 14.2 Å². The van der Waals surface area contributed by atoms with E-state index in [0.717, 1.165) is 12.0 Å². The average molecular weight is 347 g/mol. The van der Waals surface area contributed by atoms with Crippen LogP contribution in [0.15, 0.2) is 35.5 Å². The minimum absolute atomic E-state index is 0.128. The standard InChI is InChI=1S/C19H25NO5/c1-4-9-24-10-11-25-19(22)18-13(2)20-17(21)12-15(18)14-7-5-6-8-16(14)23-3/h5-8,15H,4,9-12H2,1-3H3,(H,20,21)/t15-/m0/s1. The molecule has 1 aliphatic rings. The summed E-state index contributed by atoms with van der Waals surface area (Å²) in [4.78, 5) is 24.6. The molecule has 25 heavy (non-hydrogen) atoms. The lowest BCUT2D eigenvalue weighted by molar-refractivity contribution is -0.141. The third kappa shape index (κ3) is 4.82. The van der Waals surface area contributed by atoms with Gasteiger partial charge in [0.1, 0.15) is 12.4 Å². The van der Waals surface area contributed by atoms with Crippen LogP contribution in [0.1, 0.15) is 38.2 Å². The van der Waals surface area contributed by atoms with Gasteiger partial charge in [-0.25, -0.2) is 4.79 Å². The maximum absolute atomic E-state index is 12.6. The largest absolute Gasteiger partial charge is 0.496 e. The van der Waals surface area contributed by atoms with Crippen molar-refractivity contribution < 1.29 is 23.8 Å². The molecule has 136 valence electrons. The van der Waals surface area contributed by atoms with Gasteiger partial charge in [0, 0.05) is 30.2 Å². The van der Waals surface area contributed by atoms with Gasteiger partial charge in [0.15, 0.2) is 0 Å². The average Bonchev–Trinajstić information content (AvgIpc) is 2.60. The van der Waals surface area contributed by atoms with Gasteiger partial charge in [0.25, 0.3) is 0 Å². The summed E-state index contributed by atoms with van der Waals surface area (Å²) in [6.07, 6.45) is 1.09. The molecule has 0 aromatic heterocycles. The first kappa shape index (κ1) is 19.0. The minimum Gasteiger partial charge on any atom is -0.496 e. The quantitative estimate of drug-likeness (QED) is 0.578. The maximum Gasteiger partial charge on any atom is 0.336 e. The van der Waals surface area contributed by atoms with Crippen LogP contribution in [0.25, 0.3) is 0 Å². The van der Waals surface area contributed by atoms with E-state index < -0.39 is 11.9 Å². The van der Waals surface area contributed by atoms with Crippen LogP contribution in [-0.4, -0.2) is 38.8 Å². The van der Waals surface area contributed by atoms with Crippen LogP contribution in [0, 0.1) is 0 Å². The van der Waals surface area contributed by atoms with Crippen LogP contribution >= 0.6 is 0 Å². The van der Waals surface area contributed by atoms with Crippen LogP contribution in [0.4, 0.5) is 0 Å². The van der Waals surface area contributed by atoms with Crippen molar-refractivity contribution in [2.24, 2.45) is 0 Å². The van der Waals surface area contributed by atoms with Gasteiger partial charge in [0.05, 0.1) is 19.3 Å². The van der Waals surface area contributed by atoms with Crippen molar-refractivity contribution in [3.8, 4) is 5.75 Å². The number of carbonyl (C=O) groups is 2. The molecule has 0 saturated heterocycles. The number of amides is 1. The molecule has 1 aliphatic heterocycles. The van der Waals surface area contributed by atoms with Crippen molar-refractivity contribution in [2.45, 2.75) is 32.6 Å². The topological polar surface area (TPSA) is 73.9 Å². The third-order valence-corrected chi connectivity index (χ3v) is 4.01. The number of rotatable bonds is 8. The summed E-state index contributed by atoms with van der Waals surface area (Å²) in [6, 6.07) is 7.40. The molecular formula is C19H25NO5. The normalized spacial score (nSPS) is 17.2. The summed E-state index contributed by atoms with van der Waals surface area (Å²) >= 11 is 0. The second-order valence-corrected chi connectivity index (χ2v) is 5.83. The Kier molecular flexibility index (Phi) is 7.01. The predicted molar refractivity (Wildman–Crippen MR) is 93.3 cm³/mol. The molecule has 1 N–H and O–H groups in total. The highest BCUT2D eigenvalue weighted by Crippen LogP contribution is 2.37. The lowest BCUT2D eigenvalue weighted by Crippen LogP contribution is -2.34. The summed E-state index contributed by atoms with van der Waals surface area (Å²) < 4.78 is 16.1. The highest BCUT2D eigenvalue weighted by molar-refractivity contribution is 5.96. The fraction of sp³-hybridized carbons (Fsp3) is 0.474. The number of benzene rings is 1. The maximum atomic E-state index is 12.6. The molecule has 0 fully saturated rings. The van der Waals surface area contributed by atoms with Gasteiger partial charge in [-0.05, 0) is 19.4 Å². The van der Waals surface area contributed by atoms with Gasteiger partial charge in [0.2, 0.25) is 5.91 Å². The number of carbonyl (C=O) groups excluding carboxylic acids is 2. The molecule has 0 saturated carbocycles. The second kappa shape index (κ2) is 9.22. The molecule has 1 heterocycles. The number of nitrogens with one attached hydrogen (secondary N) is 1. The Balaban J connectivity index is 2.20. The zero-order valence-corrected chi connectivity index (χ0v) is 15.0. The molecule has 1 amide bonds. The second-order valence-electron chi connectivity index (χ2n) is 5.83. The van der Waals surface area contributed by atoms with E-state index in [-0.39, 0.29) is 18.9 Å². The van der Waals surface area contributed by atoms with Crippen molar-refractivity contribution >= 4 is 11.9 Å². The fourth-order valence-electron chi connectivity index (χ4n) is 2.91. The molecule has 0 radical (unpaired) electrons. The van der Waals surface area contributed by atoms with Crippen molar-refractivity contribution in [1.29, 1.82) is 0 Å². The Bertz CT molecular complexity index is 653. The van der Waals surface area contributed by atoms with Gasteiger partial charge in [-0.15, -0.1) is 0 Å². The predicted octanol–water partition coefficient (Wildman–Crippen LogP) is 2.54. The first-order valence-electron chi connectivity index (χ1n) is 8.46. The number of allylic oxidation sites excluding steroid dienone is 1. The smallest absolute Gasteiger partial charge is 0.336 e. The molecule has 0 unspecified atom stereocenters. The fourth-order valence-corrected chi connectivity index (χ4v) is 2.91. The summed E-state index contributed by atoms with van der Waals surface area (Å²) in [7, 11) is 1.57. The van der Waals surface area contributed by atoms with E-state index in [2.05, 4.69) is 5.32 Å². The highest BCUT2D eigenvalue weighted by atomic mass is 16.6. The van der Waals surface area contributed by atoms with E-state index in [9.17, 15) is 9.59 Å². The van der Waals surface area contributed by atoms with Crippen molar-refractivity contribution in [3.63, 3.8) is 0 Å². The Morgan fingerprint density at radius 1 is 1.24 bits per heavy atom. The van der Waals surface area contributed by atoms with Crippen molar-refractivity contribution in [1.82, 2.24) is 5.32 Å². The minimum atomic E-state index is -0.437. The monoisotopic (exact) mass is 347 g/mol. The first-order chi connectivity index (χ1) is 12.1. The molecule has 1 atom stereocenters. The Hall–Kier alpha value is -2.34. The third-order valence-electron chi connectivity index (χ3n) is 4.01. The van der Waals surface area contributed by atoms with Crippen LogP contribution < -0.4 is 10.1 Å². The zero-order chi connectivity index (χ0) is 18.2. The number of hydrogen-bond acceptors (Lipinski definition) is 5. The van der Waals surface area contributed by atoms with E-state index in [1.165, 1.54) is 0 Å². The van der Waals surface area contributed by atoms with Crippen molar-refractivity contribution in [3.05, 3.63) is 41.1 Å². The van der Waals surface area contributed by atoms with Gasteiger partial charge in [-0.3, -0.25) is 4.79 Å². The van der Waals surface area contributed by atoms with Crippen LogP contribution in [0.2, 0.25) is 0 Å². The summed E-state index contributed by atoms with van der Waals surface area (Å²) in [5, 5.41) is 2.73. The number of hydrogen-bond donors (Lipinski definition) is 1. The molecule has 6 nitrogen and oxygen atoms in total. The molecule has 1 aromatic carbocycles. The van der Waals surface area contributed by atoms with Crippen LogP contribution in [0.3, 0.4) is 0 Å². The van der Waals surface area contributed by atoms with Gasteiger partial charge >= 0.3 is 5.97 Å². The Morgan fingerprint density at radius 3 is 2.72 bits per heavy atom. The van der Waals surface area contributed by atoms with Crippen LogP contribution in [0.5, 0.6) is 5.75 Å². The van der Waals surface area contributed by atoms with Gasteiger partial charge < -0.3 is 19.5 Å². The van der Waals surface area contributed by atoms with E-state index in [1.807, 2.05) is 31.2 Å². The Labute approximate surface area is 148 Å². The lowest BCUT2D eigenvalue weighted by Gasteiger charge is -2.27. The van der Waals surface area contributed by atoms with Gasteiger partial charge in [-0.2, -0.15) is 0 Å². The molecule has 0 spiro atoms. The summed E-state index contributed by atoms with van der Waals surface area (Å²) in [5.41, 5.74) is 1.78. The molecule has 0 bridgehead atoms. The first-order valence-corrected chi connectivity index (χ1v) is 8.46. The highest BCUT2D eigenvalue weighted by Gasteiger charge is 2.34. The zero-order valence-electron chi connectivity index (χ0n) is 15.0. The summed E-state index contributed by atoms with van der Waals surface area (Å²) in [6.45, 7) is 4.91. The number of ether oxygens (including phenoxy) is 3. The lowest BCUT2D eigenvalue weighted by atomic mass is 9.84. The molecule has 2 rings (SSSR count). The number of esters is 1. The molecular weight excluding hydrogens is 322 g/mol. The van der Waals surface area contributed by atoms with Gasteiger partial charge in [-0.1, -0.05) is 25.1 Å². The van der Waals surface area contributed by atoms with Crippen molar-refractivity contribution in [2.75, 3.05) is 26.9 Å². The number of para-hydroxylation sites is 1.